The monoisotopic (exact) mass is 156 g/mol. The Balaban J connectivity index is 1.97. The van der Waals surface area contributed by atoms with Gasteiger partial charge in [0.15, 0.2) is 0 Å². The van der Waals surface area contributed by atoms with Crippen LogP contribution < -0.4 is 0 Å². The molecule has 0 radical (unpaired) electrons. The standard InChI is InChI=1S/C9H16O2/c1-2-4-9(3-1)5-6-10-7-8-11-9/h1-8H2. The van der Waals surface area contributed by atoms with Gasteiger partial charge in [0.1, 0.15) is 0 Å². The third kappa shape index (κ3) is 1.57. The van der Waals surface area contributed by atoms with E-state index < -0.39 is 0 Å². The van der Waals surface area contributed by atoms with Gasteiger partial charge in [0.2, 0.25) is 0 Å². The smallest absolute Gasteiger partial charge is 0.0708 e. The number of rotatable bonds is 0. The molecule has 0 atom stereocenters. The SMILES string of the molecule is C1CCC2(C1)CCOCCO2. The topological polar surface area (TPSA) is 18.5 Å². The molecule has 0 N–H and O–H groups in total. The molecule has 0 aromatic rings. The van der Waals surface area contributed by atoms with Gasteiger partial charge < -0.3 is 9.47 Å². The summed E-state index contributed by atoms with van der Waals surface area (Å²) in [6.45, 7) is 2.50. The maximum Gasteiger partial charge on any atom is 0.0708 e. The van der Waals surface area contributed by atoms with Crippen LogP contribution in [0.25, 0.3) is 0 Å². The lowest BCUT2D eigenvalue weighted by molar-refractivity contribution is -0.0336. The van der Waals surface area contributed by atoms with Gasteiger partial charge in [-0.3, -0.25) is 0 Å². The van der Waals surface area contributed by atoms with Gasteiger partial charge in [-0.05, 0) is 19.3 Å². The van der Waals surface area contributed by atoms with E-state index in [1.807, 2.05) is 0 Å². The van der Waals surface area contributed by atoms with Crippen LogP contribution in [0.3, 0.4) is 0 Å². The summed E-state index contributed by atoms with van der Waals surface area (Å²) in [5, 5.41) is 0. The van der Waals surface area contributed by atoms with E-state index >= 15 is 0 Å². The van der Waals surface area contributed by atoms with Crippen molar-refractivity contribution in [3.05, 3.63) is 0 Å². The van der Waals surface area contributed by atoms with E-state index in [1.54, 1.807) is 0 Å². The van der Waals surface area contributed by atoms with Gasteiger partial charge in [0.05, 0.1) is 18.8 Å². The van der Waals surface area contributed by atoms with Crippen LogP contribution in [0.4, 0.5) is 0 Å². The molecule has 0 amide bonds. The van der Waals surface area contributed by atoms with Crippen LogP contribution in [0.15, 0.2) is 0 Å². The first-order valence-electron chi connectivity index (χ1n) is 4.63. The minimum absolute atomic E-state index is 0.233. The van der Waals surface area contributed by atoms with Crippen molar-refractivity contribution in [1.29, 1.82) is 0 Å². The van der Waals surface area contributed by atoms with Crippen molar-refractivity contribution < 1.29 is 9.47 Å². The molecule has 0 bridgehead atoms. The first-order valence-corrected chi connectivity index (χ1v) is 4.63. The molecule has 1 aliphatic heterocycles. The van der Waals surface area contributed by atoms with Gasteiger partial charge in [-0.15, -0.1) is 0 Å². The molecule has 2 rings (SSSR count). The zero-order chi connectivity index (χ0) is 7.57. The van der Waals surface area contributed by atoms with Crippen molar-refractivity contribution in [2.24, 2.45) is 0 Å². The predicted molar refractivity (Wildman–Crippen MR) is 42.6 cm³/mol. The molecule has 1 aliphatic carbocycles. The van der Waals surface area contributed by atoms with Gasteiger partial charge in [0.25, 0.3) is 0 Å². The van der Waals surface area contributed by atoms with Crippen molar-refractivity contribution in [1.82, 2.24) is 0 Å². The predicted octanol–water partition coefficient (Wildman–Crippen LogP) is 1.74. The second kappa shape index (κ2) is 3.11. The van der Waals surface area contributed by atoms with Gasteiger partial charge in [-0.25, -0.2) is 0 Å². The molecule has 0 unspecified atom stereocenters. The maximum atomic E-state index is 5.83. The Morgan fingerprint density at radius 1 is 0.818 bits per heavy atom. The average Bonchev–Trinajstić information content (AvgIpc) is 2.32. The Bertz CT molecular complexity index is 118. The fourth-order valence-electron chi connectivity index (χ4n) is 2.16. The van der Waals surface area contributed by atoms with Crippen LogP contribution in [-0.2, 0) is 9.47 Å². The first-order chi connectivity index (χ1) is 5.41. The van der Waals surface area contributed by atoms with Crippen LogP contribution >= 0.6 is 0 Å². The highest BCUT2D eigenvalue weighted by Gasteiger charge is 2.35. The summed E-state index contributed by atoms with van der Waals surface area (Å²) >= 11 is 0. The Hall–Kier alpha value is -0.0800. The third-order valence-electron chi connectivity index (χ3n) is 2.85. The molecule has 1 saturated carbocycles. The van der Waals surface area contributed by atoms with Crippen LogP contribution in [0.1, 0.15) is 32.1 Å². The second-order valence-electron chi connectivity index (χ2n) is 3.60. The second-order valence-corrected chi connectivity index (χ2v) is 3.60. The van der Waals surface area contributed by atoms with Crippen molar-refractivity contribution in [2.45, 2.75) is 37.7 Å². The Morgan fingerprint density at radius 2 is 1.64 bits per heavy atom. The summed E-state index contributed by atoms with van der Waals surface area (Å²) in [4.78, 5) is 0. The lowest BCUT2D eigenvalue weighted by atomic mass is 9.98. The van der Waals surface area contributed by atoms with Crippen molar-refractivity contribution in [3.8, 4) is 0 Å². The first kappa shape index (κ1) is 7.56. The Kier molecular flexibility index (Phi) is 2.14. The van der Waals surface area contributed by atoms with Crippen LogP contribution in [-0.4, -0.2) is 25.4 Å². The van der Waals surface area contributed by atoms with Crippen LogP contribution in [0.2, 0.25) is 0 Å². The zero-order valence-electron chi connectivity index (χ0n) is 6.97. The van der Waals surface area contributed by atoms with Gasteiger partial charge in [0, 0.05) is 6.61 Å². The summed E-state index contributed by atoms with van der Waals surface area (Å²) in [5.74, 6) is 0. The van der Waals surface area contributed by atoms with Crippen LogP contribution in [0, 0.1) is 0 Å². The molecule has 2 heteroatoms. The molecule has 11 heavy (non-hydrogen) atoms. The van der Waals surface area contributed by atoms with E-state index in [2.05, 4.69) is 0 Å². The largest absolute Gasteiger partial charge is 0.379 e. The average molecular weight is 156 g/mol. The Morgan fingerprint density at radius 3 is 2.45 bits per heavy atom. The number of hydrogen-bond acceptors (Lipinski definition) is 2. The molecule has 0 aromatic heterocycles. The lowest BCUT2D eigenvalue weighted by Gasteiger charge is -2.26. The number of ether oxygens (including phenoxy) is 2. The van der Waals surface area contributed by atoms with E-state index in [-0.39, 0.29) is 5.60 Å². The van der Waals surface area contributed by atoms with Crippen LogP contribution in [0.5, 0.6) is 0 Å². The molecule has 0 aromatic carbocycles. The highest BCUT2D eigenvalue weighted by Crippen LogP contribution is 2.36. The lowest BCUT2D eigenvalue weighted by Crippen LogP contribution is -2.28. The van der Waals surface area contributed by atoms with Gasteiger partial charge in [-0.2, -0.15) is 0 Å². The summed E-state index contributed by atoms with van der Waals surface area (Å²) in [6, 6.07) is 0. The number of hydrogen-bond donors (Lipinski definition) is 0. The fraction of sp³-hybridized carbons (Fsp3) is 1.00. The normalized spacial score (nSPS) is 30.5. The molecule has 1 spiro atoms. The van der Waals surface area contributed by atoms with Crippen molar-refractivity contribution in [2.75, 3.05) is 19.8 Å². The van der Waals surface area contributed by atoms with E-state index in [0.717, 1.165) is 26.2 Å². The highest BCUT2D eigenvalue weighted by molar-refractivity contribution is 4.87. The summed E-state index contributed by atoms with van der Waals surface area (Å²) < 4.78 is 11.2. The van der Waals surface area contributed by atoms with E-state index in [0.29, 0.717) is 0 Å². The summed E-state index contributed by atoms with van der Waals surface area (Å²) in [7, 11) is 0. The fourth-order valence-corrected chi connectivity index (χ4v) is 2.16. The Labute approximate surface area is 67.9 Å². The van der Waals surface area contributed by atoms with E-state index in [1.165, 1.54) is 25.7 Å². The highest BCUT2D eigenvalue weighted by atomic mass is 16.5. The minimum Gasteiger partial charge on any atom is -0.379 e. The molecule has 1 heterocycles. The molecule has 2 aliphatic rings. The molecular weight excluding hydrogens is 140 g/mol. The molecule has 2 nitrogen and oxygen atoms in total. The molecule has 64 valence electrons. The third-order valence-corrected chi connectivity index (χ3v) is 2.85. The summed E-state index contributed by atoms with van der Waals surface area (Å²) in [5.41, 5.74) is 0.233. The minimum atomic E-state index is 0.233. The van der Waals surface area contributed by atoms with E-state index in [4.69, 9.17) is 9.47 Å². The zero-order valence-corrected chi connectivity index (χ0v) is 6.97. The summed E-state index contributed by atoms with van der Waals surface area (Å²) in [6.07, 6.45) is 6.33. The van der Waals surface area contributed by atoms with E-state index in [9.17, 15) is 0 Å². The van der Waals surface area contributed by atoms with Gasteiger partial charge in [-0.1, -0.05) is 12.8 Å². The molecule has 2 fully saturated rings. The molecule has 1 saturated heterocycles. The molecular formula is C9H16O2. The quantitative estimate of drug-likeness (QED) is 0.532. The maximum absolute atomic E-state index is 5.83. The van der Waals surface area contributed by atoms with Crippen molar-refractivity contribution in [3.63, 3.8) is 0 Å². The van der Waals surface area contributed by atoms with Gasteiger partial charge >= 0.3 is 0 Å². The van der Waals surface area contributed by atoms with Crippen molar-refractivity contribution >= 4 is 0 Å².